The van der Waals surface area contributed by atoms with Gasteiger partial charge in [0.25, 0.3) is 0 Å². The van der Waals surface area contributed by atoms with E-state index in [9.17, 15) is 0 Å². The Morgan fingerprint density at radius 3 is 2.38 bits per heavy atom. The van der Waals surface area contributed by atoms with Crippen LogP contribution in [0.3, 0.4) is 0 Å². The lowest BCUT2D eigenvalue weighted by Crippen LogP contribution is -2.20. The van der Waals surface area contributed by atoms with Crippen molar-refractivity contribution in [2.24, 2.45) is 5.41 Å². The molecule has 0 aliphatic heterocycles. The van der Waals surface area contributed by atoms with E-state index in [0.717, 1.165) is 5.02 Å². The summed E-state index contributed by atoms with van der Waals surface area (Å²) in [6.45, 7) is 6.69. The number of hydrogen-bond donors (Lipinski definition) is 0. The summed E-state index contributed by atoms with van der Waals surface area (Å²) in [4.78, 5) is 0. The van der Waals surface area contributed by atoms with Crippen LogP contribution in [-0.4, -0.2) is 0 Å². The lowest BCUT2D eigenvalue weighted by atomic mass is 9.71. The molecule has 0 nitrogen and oxygen atoms in total. The van der Waals surface area contributed by atoms with Gasteiger partial charge in [0.15, 0.2) is 0 Å². The molecule has 0 fully saturated rings. The van der Waals surface area contributed by atoms with Gasteiger partial charge in [0.05, 0.1) is 0 Å². The topological polar surface area (TPSA) is 0 Å². The van der Waals surface area contributed by atoms with Crippen molar-refractivity contribution < 1.29 is 0 Å². The summed E-state index contributed by atoms with van der Waals surface area (Å²) in [7, 11) is 0. The molecule has 1 aliphatic carbocycles. The summed E-state index contributed by atoms with van der Waals surface area (Å²) >= 11 is 5.92. The molecule has 0 spiro atoms. The van der Waals surface area contributed by atoms with Crippen LogP contribution in [0.5, 0.6) is 0 Å². The predicted molar refractivity (Wildman–Crippen MR) is 70.9 cm³/mol. The van der Waals surface area contributed by atoms with E-state index in [0.29, 0.717) is 5.92 Å². The molecular weight excluding hydrogens is 216 g/mol. The second-order valence-electron chi connectivity index (χ2n) is 5.09. The van der Waals surface area contributed by atoms with E-state index < -0.39 is 0 Å². The average molecular weight is 233 g/mol. The molecule has 0 saturated carbocycles. The summed E-state index contributed by atoms with van der Waals surface area (Å²) in [6.07, 6.45) is 6.83. The summed E-state index contributed by atoms with van der Waals surface area (Å²) in [5, 5.41) is 0.800. The molecule has 1 heteroatoms. The molecule has 16 heavy (non-hydrogen) atoms. The van der Waals surface area contributed by atoms with Crippen molar-refractivity contribution >= 4 is 11.6 Å². The maximum absolute atomic E-state index is 5.92. The third-order valence-electron chi connectivity index (χ3n) is 3.24. The van der Waals surface area contributed by atoms with Gasteiger partial charge in [0, 0.05) is 10.9 Å². The van der Waals surface area contributed by atoms with Crippen LogP contribution in [0.2, 0.25) is 5.02 Å². The Labute approximate surface area is 103 Å². The van der Waals surface area contributed by atoms with Crippen LogP contribution in [0, 0.1) is 5.41 Å². The first kappa shape index (κ1) is 11.5. The summed E-state index contributed by atoms with van der Waals surface area (Å²) < 4.78 is 0. The minimum absolute atomic E-state index is 0.174. The maximum Gasteiger partial charge on any atom is 0.0406 e. The highest BCUT2D eigenvalue weighted by molar-refractivity contribution is 6.30. The Kier molecular flexibility index (Phi) is 2.94. The van der Waals surface area contributed by atoms with E-state index in [1.807, 2.05) is 12.1 Å². The van der Waals surface area contributed by atoms with Gasteiger partial charge in [0.1, 0.15) is 0 Å². The van der Waals surface area contributed by atoms with Gasteiger partial charge in [-0.1, -0.05) is 61.4 Å². The molecule has 0 bridgehead atoms. The van der Waals surface area contributed by atoms with Gasteiger partial charge in [-0.25, -0.2) is 0 Å². The standard InChI is InChI=1S/C15H17Cl/c1-11-8-9-15(2,3)14(10-11)12-4-6-13(16)7-5-12/h4-10,14H,1-3H3. The molecule has 0 heterocycles. The van der Waals surface area contributed by atoms with E-state index in [2.05, 4.69) is 51.1 Å². The third kappa shape index (κ3) is 2.22. The van der Waals surface area contributed by atoms with Gasteiger partial charge in [0.2, 0.25) is 0 Å². The van der Waals surface area contributed by atoms with Crippen molar-refractivity contribution in [3.63, 3.8) is 0 Å². The number of hydrogen-bond acceptors (Lipinski definition) is 0. The molecule has 1 aromatic carbocycles. The second-order valence-corrected chi connectivity index (χ2v) is 5.53. The van der Waals surface area contributed by atoms with Crippen molar-refractivity contribution in [2.45, 2.75) is 26.7 Å². The summed E-state index contributed by atoms with van der Waals surface area (Å²) in [5.74, 6) is 0.440. The molecule has 84 valence electrons. The van der Waals surface area contributed by atoms with Gasteiger partial charge in [-0.2, -0.15) is 0 Å². The minimum Gasteiger partial charge on any atom is -0.0843 e. The van der Waals surface area contributed by atoms with E-state index in [-0.39, 0.29) is 5.41 Å². The smallest absolute Gasteiger partial charge is 0.0406 e. The highest BCUT2D eigenvalue weighted by Crippen LogP contribution is 2.41. The molecule has 1 aromatic rings. The van der Waals surface area contributed by atoms with E-state index >= 15 is 0 Å². The predicted octanol–water partition coefficient (Wildman–Crippen LogP) is 4.97. The molecule has 1 aliphatic rings. The molecule has 0 N–H and O–H groups in total. The summed E-state index contributed by atoms with van der Waals surface area (Å²) in [5.41, 5.74) is 2.84. The van der Waals surface area contributed by atoms with Crippen LogP contribution in [0.25, 0.3) is 0 Å². The van der Waals surface area contributed by atoms with E-state index in [1.165, 1.54) is 11.1 Å². The third-order valence-corrected chi connectivity index (χ3v) is 3.49. The molecule has 0 aromatic heterocycles. The van der Waals surface area contributed by atoms with Gasteiger partial charge >= 0.3 is 0 Å². The Bertz CT molecular complexity index is 435. The number of benzene rings is 1. The molecule has 0 saturated heterocycles. The zero-order chi connectivity index (χ0) is 11.8. The lowest BCUT2D eigenvalue weighted by Gasteiger charge is -2.33. The van der Waals surface area contributed by atoms with Crippen molar-refractivity contribution in [3.8, 4) is 0 Å². The van der Waals surface area contributed by atoms with Gasteiger partial charge in [-0.3, -0.25) is 0 Å². The zero-order valence-corrected chi connectivity index (χ0v) is 10.8. The fourth-order valence-electron chi connectivity index (χ4n) is 2.18. The van der Waals surface area contributed by atoms with Crippen LogP contribution in [-0.2, 0) is 0 Å². The molecular formula is C15H17Cl. The Hall–Kier alpha value is -1.01. The number of halogens is 1. The van der Waals surface area contributed by atoms with Gasteiger partial charge in [-0.15, -0.1) is 0 Å². The van der Waals surface area contributed by atoms with Crippen molar-refractivity contribution in [2.75, 3.05) is 0 Å². The normalized spacial score (nSPS) is 23.0. The second kappa shape index (κ2) is 4.10. The lowest BCUT2D eigenvalue weighted by molar-refractivity contribution is 0.420. The Balaban J connectivity index is 2.39. The molecule has 2 rings (SSSR count). The van der Waals surface area contributed by atoms with E-state index in [1.54, 1.807) is 0 Å². The maximum atomic E-state index is 5.92. The first-order valence-electron chi connectivity index (χ1n) is 5.62. The van der Waals surface area contributed by atoms with Crippen LogP contribution in [0.1, 0.15) is 32.3 Å². The fourth-order valence-corrected chi connectivity index (χ4v) is 2.31. The largest absolute Gasteiger partial charge is 0.0843 e. The SMILES string of the molecule is CC1=CC(c2ccc(Cl)cc2)C(C)(C)C=C1. The van der Waals surface area contributed by atoms with Crippen LogP contribution < -0.4 is 0 Å². The zero-order valence-electron chi connectivity index (χ0n) is 10.00. The van der Waals surface area contributed by atoms with E-state index in [4.69, 9.17) is 11.6 Å². The first-order valence-corrected chi connectivity index (χ1v) is 6.00. The monoisotopic (exact) mass is 232 g/mol. The van der Waals surface area contributed by atoms with Crippen molar-refractivity contribution in [1.29, 1.82) is 0 Å². The van der Waals surface area contributed by atoms with Crippen LogP contribution in [0.4, 0.5) is 0 Å². The fraction of sp³-hybridized carbons (Fsp3) is 0.333. The summed E-state index contributed by atoms with van der Waals surface area (Å²) in [6, 6.07) is 8.18. The van der Waals surface area contributed by atoms with Crippen molar-refractivity contribution in [3.05, 3.63) is 58.7 Å². The van der Waals surface area contributed by atoms with Gasteiger partial charge in [-0.05, 0) is 30.0 Å². The average Bonchev–Trinajstić information content (AvgIpc) is 2.23. The van der Waals surface area contributed by atoms with Crippen molar-refractivity contribution in [1.82, 2.24) is 0 Å². The minimum atomic E-state index is 0.174. The number of rotatable bonds is 1. The highest BCUT2D eigenvalue weighted by atomic mass is 35.5. The molecule has 0 amide bonds. The Morgan fingerprint density at radius 1 is 1.12 bits per heavy atom. The number of allylic oxidation sites excluding steroid dienone is 4. The molecule has 0 radical (unpaired) electrons. The van der Waals surface area contributed by atoms with Gasteiger partial charge < -0.3 is 0 Å². The molecule has 1 unspecified atom stereocenters. The molecule has 1 atom stereocenters. The van der Waals surface area contributed by atoms with Crippen LogP contribution in [0.15, 0.2) is 48.1 Å². The Morgan fingerprint density at radius 2 is 1.75 bits per heavy atom. The first-order chi connectivity index (χ1) is 7.49. The van der Waals surface area contributed by atoms with Crippen LogP contribution >= 0.6 is 11.6 Å². The quantitative estimate of drug-likeness (QED) is 0.642. The highest BCUT2D eigenvalue weighted by Gasteiger charge is 2.28.